The average Bonchev–Trinajstić information content (AvgIpc) is 3.09. The van der Waals surface area contributed by atoms with Gasteiger partial charge in [0.2, 0.25) is 15.4 Å². The van der Waals surface area contributed by atoms with Gasteiger partial charge in [0.1, 0.15) is 0 Å². The SMILES string of the molecule is COc1cc(CNS(=O)(=O)c2nnc(NC(=O)C(C)(C)C)s2)ccc1OC(C)C. The third-order valence-corrected chi connectivity index (χ3v) is 6.20. The lowest BCUT2D eigenvalue weighted by Gasteiger charge is -2.15. The third-order valence-electron chi connectivity index (χ3n) is 3.60. The fourth-order valence-electron chi connectivity index (χ4n) is 2.07. The largest absolute Gasteiger partial charge is 0.493 e. The first-order valence-corrected chi connectivity index (χ1v) is 11.2. The Labute approximate surface area is 174 Å². The van der Waals surface area contributed by atoms with Crippen LogP contribution in [-0.2, 0) is 21.4 Å². The monoisotopic (exact) mass is 442 g/mol. The van der Waals surface area contributed by atoms with Gasteiger partial charge in [0.25, 0.3) is 10.0 Å². The molecule has 0 spiro atoms. The Hall–Kier alpha value is -2.24. The number of anilines is 1. The van der Waals surface area contributed by atoms with Crippen LogP contribution in [0.15, 0.2) is 22.5 Å². The minimum absolute atomic E-state index is 0.0152. The molecule has 0 radical (unpaired) electrons. The van der Waals surface area contributed by atoms with E-state index in [0.29, 0.717) is 17.1 Å². The molecule has 29 heavy (non-hydrogen) atoms. The van der Waals surface area contributed by atoms with Crippen LogP contribution in [0.25, 0.3) is 0 Å². The maximum Gasteiger partial charge on any atom is 0.270 e. The van der Waals surface area contributed by atoms with Crippen LogP contribution in [0.1, 0.15) is 40.2 Å². The van der Waals surface area contributed by atoms with Crippen LogP contribution in [0.4, 0.5) is 5.13 Å². The first kappa shape index (κ1) is 23.0. The van der Waals surface area contributed by atoms with Crippen LogP contribution >= 0.6 is 11.3 Å². The molecule has 0 aliphatic carbocycles. The summed E-state index contributed by atoms with van der Waals surface area (Å²) in [6.45, 7) is 9.07. The molecule has 1 heterocycles. The molecule has 1 amide bonds. The zero-order valence-corrected chi connectivity index (χ0v) is 18.9. The number of sulfonamides is 1. The molecule has 2 aromatic rings. The van der Waals surface area contributed by atoms with Gasteiger partial charge in [0, 0.05) is 12.0 Å². The van der Waals surface area contributed by atoms with Gasteiger partial charge in [-0.05, 0) is 31.5 Å². The van der Waals surface area contributed by atoms with Crippen LogP contribution in [0.2, 0.25) is 0 Å². The highest BCUT2D eigenvalue weighted by atomic mass is 32.2. The summed E-state index contributed by atoms with van der Waals surface area (Å²) in [4.78, 5) is 12.0. The maximum absolute atomic E-state index is 12.5. The van der Waals surface area contributed by atoms with E-state index in [2.05, 4.69) is 20.2 Å². The van der Waals surface area contributed by atoms with Crippen molar-refractivity contribution in [3.63, 3.8) is 0 Å². The summed E-state index contributed by atoms with van der Waals surface area (Å²) in [5, 5.41) is 10.1. The molecule has 0 atom stereocenters. The van der Waals surface area contributed by atoms with Gasteiger partial charge in [0.15, 0.2) is 11.5 Å². The topological polar surface area (TPSA) is 120 Å². The van der Waals surface area contributed by atoms with E-state index in [-0.39, 0.29) is 28.0 Å². The van der Waals surface area contributed by atoms with Gasteiger partial charge in [-0.2, -0.15) is 0 Å². The van der Waals surface area contributed by atoms with E-state index in [9.17, 15) is 13.2 Å². The minimum Gasteiger partial charge on any atom is -0.493 e. The Morgan fingerprint density at radius 1 is 1.21 bits per heavy atom. The number of nitrogens with zero attached hydrogens (tertiary/aromatic N) is 2. The van der Waals surface area contributed by atoms with Gasteiger partial charge >= 0.3 is 0 Å². The van der Waals surface area contributed by atoms with Crippen LogP contribution < -0.4 is 19.5 Å². The fraction of sp³-hybridized carbons (Fsp3) is 0.500. The number of nitrogens with one attached hydrogen (secondary N) is 2. The smallest absolute Gasteiger partial charge is 0.270 e. The van der Waals surface area contributed by atoms with Crippen LogP contribution in [0, 0.1) is 5.41 Å². The van der Waals surface area contributed by atoms with Gasteiger partial charge < -0.3 is 14.8 Å². The summed E-state index contributed by atoms with van der Waals surface area (Å²) >= 11 is 0.787. The molecule has 1 aromatic heterocycles. The van der Waals surface area contributed by atoms with Crippen LogP contribution in [0.5, 0.6) is 11.5 Å². The van der Waals surface area contributed by atoms with Crippen LogP contribution in [0.3, 0.4) is 0 Å². The molecule has 11 heteroatoms. The predicted octanol–water partition coefficient (Wildman–Crippen LogP) is 2.80. The molecule has 0 aliphatic heterocycles. The maximum atomic E-state index is 12.5. The Morgan fingerprint density at radius 2 is 1.90 bits per heavy atom. The summed E-state index contributed by atoms with van der Waals surface area (Å²) in [7, 11) is -2.37. The van der Waals surface area contributed by atoms with Crippen molar-refractivity contribution in [3.05, 3.63) is 23.8 Å². The fourth-order valence-corrected chi connectivity index (χ4v) is 4.02. The minimum atomic E-state index is -3.89. The van der Waals surface area contributed by atoms with Gasteiger partial charge in [-0.3, -0.25) is 4.79 Å². The lowest BCUT2D eigenvalue weighted by Crippen LogP contribution is -2.27. The van der Waals surface area contributed by atoms with E-state index in [4.69, 9.17) is 9.47 Å². The number of aromatic nitrogens is 2. The number of hydrogen-bond donors (Lipinski definition) is 2. The highest BCUT2D eigenvalue weighted by Crippen LogP contribution is 2.29. The molecule has 0 saturated heterocycles. The molecule has 2 N–H and O–H groups in total. The Kier molecular flexibility index (Phi) is 7.20. The molecule has 1 aromatic carbocycles. The average molecular weight is 443 g/mol. The van der Waals surface area contributed by atoms with Crippen molar-refractivity contribution in [1.82, 2.24) is 14.9 Å². The normalized spacial score (nSPS) is 12.1. The van der Waals surface area contributed by atoms with Crippen molar-refractivity contribution >= 4 is 32.4 Å². The van der Waals surface area contributed by atoms with E-state index in [1.165, 1.54) is 7.11 Å². The van der Waals surface area contributed by atoms with Gasteiger partial charge in [-0.15, -0.1) is 10.2 Å². The second-order valence-electron chi connectivity index (χ2n) is 7.55. The van der Waals surface area contributed by atoms with Crippen LogP contribution in [-0.4, -0.2) is 37.7 Å². The number of carbonyl (C=O) groups excluding carboxylic acids is 1. The van der Waals surface area contributed by atoms with Crippen molar-refractivity contribution < 1.29 is 22.7 Å². The zero-order valence-electron chi connectivity index (χ0n) is 17.3. The Bertz CT molecular complexity index is 965. The number of amides is 1. The molecular formula is C18H26N4O5S2. The number of methoxy groups -OCH3 is 1. The summed E-state index contributed by atoms with van der Waals surface area (Å²) in [5.74, 6) is 0.817. The molecular weight excluding hydrogens is 416 g/mol. The summed E-state index contributed by atoms with van der Waals surface area (Å²) in [5.41, 5.74) is 0.0558. The van der Waals surface area contributed by atoms with Crippen molar-refractivity contribution in [3.8, 4) is 11.5 Å². The first-order valence-electron chi connectivity index (χ1n) is 8.90. The molecule has 0 bridgehead atoms. The summed E-state index contributed by atoms with van der Waals surface area (Å²) in [6.07, 6.45) is -0.0152. The highest BCUT2D eigenvalue weighted by Gasteiger charge is 2.25. The Morgan fingerprint density at radius 3 is 2.48 bits per heavy atom. The molecule has 2 rings (SSSR count). The number of hydrogen-bond acceptors (Lipinski definition) is 8. The summed E-state index contributed by atoms with van der Waals surface area (Å²) < 4.78 is 38.2. The molecule has 0 saturated carbocycles. The number of ether oxygens (including phenoxy) is 2. The molecule has 160 valence electrons. The molecule has 0 aliphatic rings. The zero-order chi connectivity index (χ0) is 21.8. The highest BCUT2D eigenvalue weighted by molar-refractivity contribution is 7.91. The van der Waals surface area contributed by atoms with E-state index >= 15 is 0 Å². The number of rotatable bonds is 8. The second kappa shape index (κ2) is 9.06. The number of benzene rings is 1. The van der Waals surface area contributed by atoms with E-state index in [1.807, 2.05) is 13.8 Å². The molecule has 0 unspecified atom stereocenters. The van der Waals surface area contributed by atoms with Crippen molar-refractivity contribution in [2.24, 2.45) is 5.41 Å². The van der Waals surface area contributed by atoms with Crippen molar-refractivity contribution in [1.29, 1.82) is 0 Å². The second-order valence-corrected chi connectivity index (χ2v) is 10.5. The van der Waals surface area contributed by atoms with E-state index in [0.717, 1.165) is 11.3 Å². The lowest BCUT2D eigenvalue weighted by atomic mass is 9.96. The van der Waals surface area contributed by atoms with Gasteiger partial charge in [0.05, 0.1) is 13.2 Å². The summed E-state index contributed by atoms with van der Waals surface area (Å²) in [6, 6.07) is 5.18. The molecule has 9 nitrogen and oxygen atoms in total. The quantitative estimate of drug-likeness (QED) is 0.603. The van der Waals surface area contributed by atoms with Crippen molar-refractivity contribution in [2.45, 2.75) is 51.6 Å². The van der Waals surface area contributed by atoms with E-state index in [1.54, 1.807) is 39.0 Å². The predicted molar refractivity (Wildman–Crippen MR) is 111 cm³/mol. The Balaban J connectivity index is 2.08. The number of carbonyl (C=O) groups is 1. The first-order chi connectivity index (χ1) is 13.4. The lowest BCUT2D eigenvalue weighted by molar-refractivity contribution is -0.123. The molecule has 0 fully saturated rings. The third kappa shape index (κ3) is 6.38. The standard InChI is InChI=1S/C18H26N4O5S2/c1-11(2)27-13-8-7-12(9-14(13)26-6)10-19-29(24,25)17-22-21-16(28-17)20-15(23)18(3,4)5/h7-9,11,19H,10H2,1-6H3,(H,20,21,23). The van der Waals surface area contributed by atoms with E-state index < -0.39 is 15.4 Å². The van der Waals surface area contributed by atoms with Gasteiger partial charge in [-0.1, -0.05) is 38.2 Å². The van der Waals surface area contributed by atoms with Gasteiger partial charge in [-0.25, -0.2) is 13.1 Å². The van der Waals surface area contributed by atoms with Crippen molar-refractivity contribution in [2.75, 3.05) is 12.4 Å².